The summed E-state index contributed by atoms with van der Waals surface area (Å²) in [5.74, 6) is 0. The minimum absolute atomic E-state index is 0.111. The first kappa shape index (κ1) is 13.2. The highest BCUT2D eigenvalue weighted by Gasteiger charge is 2.52. The molecule has 102 valence electrons. The van der Waals surface area contributed by atoms with Gasteiger partial charge in [-0.05, 0) is 51.6 Å². The lowest BCUT2D eigenvalue weighted by atomic mass is 9.78. The predicted octanol–water partition coefficient (Wildman–Crippen LogP) is 1.93. The van der Waals surface area contributed by atoms with Crippen molar-refractivity contribution < 1.29 is 9.31 Å². The minimum atomic E-state index is -0.299. The van der Waals surface area contributed by atoms with Crippen molar-refractivity contribution in [3.8, 4) is 0 Å². The molecule has 0 atom stereocenters. The van der Waals surface area contributed by atoms with E-state index in [0.717, 1.165) is 18.3 Å². The zero-order valence-corrected chi connectivity index (χ0v) is 12.2. The molecule has 1 saturated heterocycles. The van der Waals surface area contributed by atoms with E-state index >= 15 is 0 Å². The van der Waals surface area contributed by atoms with Crippen LogP contribution in [0.2, 0.25) is 0 Å². The molecule has 0 radical (unpaired) electrons. The van der Waals surface area contributed by atoms with Crippen molar-refractivity contribution >= 4 is 12.6 Å². The van der Waals surface area contributed by atoms with E-state index in [2.05, 4.69) is 45.9 Å². The second kappa shape index (κ2) is 3.84. The van der Waals surface area contributed by atoms with Crippen molar-refractivity contribution in [1.82, 2.24) is 0 Å². The zero-order valence-electron chi connectivity index (χ0n) is 12.2. The molecule has 1 heterocycles. The Bertz CT molecular complexity index is 493. The average Bonchev–Trinajstić information content (AvgIpc) is 3.02. The summed E-state index contributed by atoms with van der Waals surface area (Å²) in [5.41, 5.74) is 7.81. The van der Waals surface area contributed by atoms with Gasteiger partial charge in [-0.2, -0.15) is 0 Å². The lowest BCUT2D eigenvalue weighted by molar-refractivity contribution is 0.00578. The zero-order chi connectivity index (χ0) is 13.9. The molecule has 2 fully saturated rings. The maximum atomic E-state index is 6.26. The van der Waals surface area contributed by atoms with Gasteiger partial charge < -0.3 is 15.0 Å². The maximum absolute atomic E-state index is 6.26. The van der Waals surface area contributed by atoms with Crippen LogP contribution in [-0.2, 0) is 14.8 Å². The van der Waals surface area contributed by atoms with E-state index in [-0.39, 0.29) is 23.9 Å². The van der Waals surface area contributed by atoms with Crippen LogP contribution in [-0.4, -0.2) is 18.3 Å². The smallest absolute Gasteiger partial charge is 0.399 e. The highest BCUT2D eigenvalue weighted by atomic mass is 16.7. The first-order valence-electron chi connectivity index (χ1n) is 6.99. The van der Waals surface area contributed by atoms with Gasteiger partial charge in [0.15, 0.2) is 0 Å². The van der Waals surface area contributed by atoms with Crippen molar-refractivity contribution in [2.24, 2.45) is 5.73 Å². The lowest BCUT2D eigenvalue weighted by Crippen LogP contribution is -2.41. The quantitative estimate of drug-likeness (QED) is 0.825. The molecule has 0 spiro atoms. The molecule has 1 aliphatic heterocycles. The Labute approximate surface area is 115 Å². The van der Waals surface area contributed by atoms with Crippen LogP contribution < -0.4 is 11.2 Å². The van der Waals surface area contributed by atoms with Crippen LogP contribution >= 0.6 is 0 Å². The fourth-order valence-corrected chi connectivity index (χ4v) is 2.40. The van der Waals surface area contributed by atoms with E-state index in [1.165, 1.54) is 5.56 Å². The molecule has 4 heteroatoms. The molecule has 0 aromatic heterocycles. The van der Waals surface area contributed by atoms with Gasteiger partial charge in [0.05, 0.1) is 11.2 Å². The van der Waals surface area contributed by atoms with Gasteiger partial charge in [0.2, 0.25) is 0 Å². The van der Waals surface area contributed by atoms with Crippen LogP contribution in [0.1, 0.15) is 46.1 Å². The number of rotatable bonds is 2. The monoisotopic (exact) mass is 259 g/mol. The summed E-state index contributed by atoms with van der Waals surface area (Å²) < 4.78 is 12.2. The molecule has 19 heavy (non-hydrogen) atoms. The third-order valence-corrected chi connectivity index (χ3v) is 4.78. The summed E-state index contributed by atoms with van der Waals surface area (Å²) in [6.07, 6.45) is 2.14. The van der Waals surface area contributed by atoms with Crippen molar-refractivity contribution in [2.45, 2.75) is 57.3 Å². The molecule has 2 N–H and O–H groups in total. The first-order valence-corrected chi connectivity index (χ1v) is 6.99. The standard InChI is InChI=1S/C15H22BNO2/c1-13(2)14(3,4)19-16(18-13)12-7-5-6-11(10-12)15(17)8-9-15/h5-7,10H,8-9,17H2,1-4H3. The summed E-state index contributed by atoms with van der Waals surface area (Å²) in [4.78, 5) is 0. The van der Waals surface area contributed by atoms with Crippen molar-refractivity contribution in [1.29, 1.82) is 0 Å². The molecular weight excluding hydrogens is 237 g/mol. The fourth-order valence-electron chi connectivity index (χ4n) is 2.40. The Kier molecular flexibility index (Phi) is 2.66. The third-order valence-electron chi connectivity index (χ3n) is 4.78. The number of benzene rings is 1. The minimum Gasteiger partial charge on any atom is -0.399 e. The second-order valence-corrected chi connectivity index (χ2v) is 6.87. The van der Waals surface area contributed by atoms with E-state index in [4.69, 9.17) is 15.0 Å². The molecule has 0 amide bonds. The molecule has 3 nitrogen and oxygen atoms in total. The molecule has 1 aromatic carbocycles. The summed E-state index contributed by atoms with van der Waals surface area (Å²) in [5, 5.41) is 0. The molecule has 3 rings (SSSR count). The van der Waals surface area contributed by atoms with E-state index < -0.39 is 0 Å². The Hall–Kier alpha value is -0.835. The summed E-state index contributed by atoms with van der Waals surface area (Å²) >= 11 is 0. The number of hydrogen-bond donors (Lipinski definition) is 1. The van der Waals surface area contributed by atoms with Crippen molar-refractivity contribution in [3.63, 3.8) is 0 Å². The van der Waals surface area contributed by atoms with Crippen molar-refractivity contribution in [3.05, 3.63) is 29.8 Å². The predicted molar refractivity (Wildman–Crippen MR) is 77.3 cm³/mol. The van der Waals surface area contributed by atoms with Crippen LogP contribution in [0.5, 0.6) is 0 Å². The van der Waals surface area contributed by atoms with Crippen LogP contribution in [0.25, 0.3) is 0 Å². The summed E-state index contributed by atoms with van der Waals surface area (Å²) in [6, 6.07) is 8.33. The molecule has 1 saturated carbocycles. The molecular formula is C15H22BNO2. The summed E-state index contributed by atoms with van der Waals surface area (Å²) in [6.45, 7) is 8.29. The van der Waals surface area contributed by atoms with Crippen LogP contribution in [0.4, 0.5) is 0 Å². The van der Waals surface area contributed by atoms with Gasteiger partial charge in [-0.25, -0.2) is 0 Å². The fraction of sp³-hybridized carbons (Fsp3) is 0.600. The third kappa shape index (κ3) is 2.12. The van der Waals surface area contributed by atoms with E-state index in [1.54, 1.807) is 0 Å². The molecule has 1 aromatic rings. The van der Waals surface area contributed by atoms with Gasteiger partial charge in [-0.1, -0.05) is 24.3 Å². The van der Waals surface area contributed by atoms with Gasteiger partial charge in [-0.3, -0.25) is 0 Å². The van der Waals surface area contributed by atoms with E-state index in [9.17, 15) is 0 Å². The second-order valence-electron chi connectivity index (χ2n) is 6.87. The first-order chi connectivity index (χ1) is 8.74. The Morgan fingerprint density at radius 3 is 2.16 bits per heavy atom. The van der Waals surface area contributed by atoms with E-state index in [0.29, 0.717) is 0 Å². The molecule has 1 aliphatic carbocycles. The van der Waals surface area contributed by atoms with Crippen LogP contribution in [0.15, 0.2) is 24.3 Å². The topological polar surface area (TPSA) is 44.5 Å². The summed E-state index contributed by atoms with van der Waals surface area (Å²) in [7, 11) is -0.299. The van der Waals surface area contributed by atoms with Crippen molar-refractivity contribution in [2.75, 3.05) is 0 Å². The number of hydrogen-bond acceptors (Lipinski definition) is 3. The molecule has 0 bridgehead atoms. The largest absolute Gasteiger partial charge is 0.494 e. The van der Waals surface area contributed by atoms with Crippen LogP contribution in [0, 0.1) is 0 Å². The number of nitrogens with two attached hydrogens (primary N) is 1. The highest BCUT2D eigenvalue weighted by Crippen LogP contribution is 2.42. The lowest BCUT2D eigenvalue weighted by Gasteiger charge is -2.32. The van der Waals surface area contributed by atoms with Gasteiger partial charge in [0, 0.05) is 5.54 Å². The van der Waals surface area contributed by atoms with Gasteiger partial charge in [0.25, 0.3) is 0 Å². The Morgan fingerprint density at radius 1 is 1.05 bits per heavy atom. The maximum Gasteiger partial charge on any atom is 0.494 e. The average molecular weight is 259 g/mol. The Balaban J connectivity index is 1.88. The SMILES string of the molecule is CC1(C)OB(c2cccc(C3(N)CC3)c2)OC1(C)C. The molecule has 0 unspecified atom stereocenters. The normalized spacial score (nSPS) is 26.5. The van der Waals surface area contributed by atoms with Gasteiger partial charge in [-0.15, -0.1) is 0 Å². The molecule has 2 aliphatic rings. The highest BCUT2D eigenvalue weighted by molar-refractivity contribution is 6.62. The van der Waals surface area contributed by atoms with Crippen LogP contribution in [0.3, 0.4) is 0 Å². The van der Waals surface area contributed by atoms with E-state index in [1.807, 2.05) is 6.07 Å². The van der Waals surface area contributed by atoms with Gasteiger partial charge >= 0.3 is 7.12 Å². The van der Waals surface area contributed by atoms with Gasteiger partial charge in [0.1, 0.15) is 0 Å². The Morgan fingerprint density at radius 2 is 1.63 bits per heavy atom.